The quantitative estimate of drug-likeness (QED) is 0.582. The Kier molecular flexibility index (Phi) is 9.03. The predicted molar refractivity (Wildman–Crippen MR) is 68.1 cm³/mol. The second-order valence-corrected chi connectivity index (χ2v) is 4.77. The minimum atomic E-state index is -0.758. The van der Waals surface area contributed by atoms with Gasteiger partial charge in [-0.15, -0.1) is 0 Å². The first kappa shape index (κ1) is 16.4. The molecule has 0 aromatic rings. The smallest absolute Gasteiger partial charge is 0.307 e. The molecule has 0 saturated heterocycles. The van der Waals surface area contributed by atoms with Crippen LogP contribution in [-0.4, -0.2) is 72.9 Å². The van der Waals surface area contributed by atoms with E-state index in [-0.39, 0.29) is 12.5 Å². The fraction of sp³-hybridized carbons (Fsp3) is 0.917. The van der Waals surface area contributed by atoms with Crippen molar-refractivity contribution >= 4 is 5.97 Å². The minimum absolute atomic E-state index is 0.158. The molecule has 0 rings (SSSR count). The van der Waals surface area contributed by atoms with Crippen LogP contribution in [0.2, 0.25) is 0 Å². The Morgan fingerprint density at radius 3 is 2.24 bits per heavy atom. The van der Waals surface area contributed by atoms with Crippen molar-refractivity contribution in [3.05, 3.63) is 0 Å². The highest BCUT2D eigenvalue weighted by atomic mass is 16.4. The van der Waals surface area contributed by atoms with Crippen LogP contribution < -0.4 is 0 Å². The molecule has 0 spiro atoms. The molecule has 0 aliphatic rings. The number of aliphatic carboxylic acids is 1. The van der Waals surface area contributed by atoms with Crippen molar-refractivity contribution in [3.63, 3.8) is 0 Å². The molecule has 17 heavy (non-hydrogen) atoms. The molecule has 102 valence electrons. The number of hydrogen-bond donors (Lipinski definition) is 2. The maximum Gasteiger partial charge on any atom is 0.307 e. The zero-order valence-corrected chi connectivity index (χ0v) is 11.2. The Balaban J connectivity index is 3.99. The predicted octanol–water partition coefficient (Wildman–Crippen LogP) is 0.343. The lowest BCUT2D eigenvalue weighted by Crippen LogP contribution is -2.35. The van der Waals surface area contributed by atoms with Gasteiger partial charge in [-0.05, 0) is 40.0 Å². The molecule has 0 aromatic carbocycles. The van der Waals surface area contributed by atoms with Crippen LogP contribution in [0.1, 0.15) is 19.8 Å². The highest BCUT2D eigenvalue weighted by molar-refractivity contribution is 5.69. The zero-order chi connectivity index (χ0) is 13.3. The van der Waals surface area contributed by atoms with E-state index in [2.05, 4.69) is 9.80 Å². The molecule has 2 N–H and O–H groups in total. The fourth-order valence-corrected chi connectivity index (χ4v) is 1.66. The molecule has 0 aliphatic carbocycles. The third-order valence-electron chi connectivity index (χ3n) is 2.67. The first-order valence-corrected chi connectivity index (χ1v) is 6.18. The monoisotopic (exact) mass is 246 g/mol. The van der Waals surface area contributed by atoms with Gasteiger partial charge in [0.1, 0.15) is 0 Å². The van der Waals surface area contributed by atoms with Crippen LogP contribution in [0.15, 0.2) is 0 Å². The molecular formula is C12H26N2O3. The van der Waals surface area contributed by atoms with E-state index in [1.807, 2.05) is 14.1 Å². The van der Waals surface area contributed by atoms with Gasteiger partial charge in [-0.1, -0.05) is 6.92 Å². The van der Waals surface area contributed by atoms with Gasteiger partial charge in [0.05, 0.1) is 5.92 Å². The lowest BCUT2D eigenvalue weighted by molar-refractivity contribution is -0.141. The number of carboxylic acid groups (broad SMARTS) is 1. The average Bonchev–Trinajstić information content (AvgIpc) is 2.24. The van der Waals surface area contributed by atoms with Gasteiger partial charge >= 0.3 is 5.97 Å². The van der Waals surface area contributed by atoms with E-state index in [0.29, 0.717) is 13.0 Å². The molecule has 0 aliphatic heterocycles. The zero-order valence-electron chi connectivity index (χ0n) is 11.2. The molecule has 0 bridgehead atoms. The van der Waals surface area contributed by atoms with Crippen molar-refractivity contribution in [3.8, 4) is 0 Å². The molecule has 0 fully saturated rings. The summed E-state index contributed by atoms with van der Waals surface area (Å²) in [6, 6.07) is 0. The Hall–Kier alpha value is -0.650. The summed E-state index contributed by atoms with van der Waals surface area (Å²) in [7, 11) is 4.05. The molecule has 0 aromatic heterocycles. The highest BCUT2D eigenvalue weighted by Crippen LogP contribution is 2.03. The molecule has 1 unspecified atom stereocenters. The first-order chi connectivity index (χ1) is 7.97. The summed E-state index contributed by atoms with van der Waals surface area (Å²) in [5, 5.41) is 17.7. The van der Waals surface area contributed by atoms with E-state index in [4.69, 9.17) is 10.2 Å². The van der Waals surface area contributed by atoms with Crippen LogP contribution in [0.25, 0.3) is 0 Å². The lowest BCUT2D eigenvalue weighted by Gasteiger charge is -2.24. The molecule has 0 radical (unpaired) electrons. The lowest BCUT2D eigenvalue weighted by atomic mass is 10.1. The fourth-order valence-electron chi connectivity index (χ4n) is 1.66. The maximum atomic E-state index is 10.8. The van der Waals surface area contributed by atoms with E-state index in [1.165, 1.54) is 0 Å². The molecule has 0 saturated carbocycles. The normalized spacial score (nSPS) is 13.3. The van der Waals surface area contributed by atoms with Gasteiger partial charge in [-0.3, -0.25) is 4.79 Å². The van der Waals surface area contributed by atoms with Gasteiger partial charge in [-0.2, -0.15) is 0 Å². The van der Waals surface area contributed by atoms with Crippen molar-refractivity contribution in [2.45, 2.75) is 19.8 Å². The van der Waals surface area contributed by atoms with Crippen molar-refractivity contribution in [2.24, 2.45) is 5.92 Å². The molecule has 0 amide bonds. The van der Waals surface area contributed by atoms with Crippen LogP contribution in [-0.2, 0) is 4.79 Å². The number of carboxylic acids is 1. The van der Waals surface area contributed by atoms with Gasteiger partial charge in [0.15, 0.2) is 0 Å². The largest absolute Gasteiger partial charge is 0.481 e. The standard InChI is InChI=1S/C12H26N2O3/c1-11(12(16)17)10-14(8-5-9-15)7-4-6-13(2)3/h11,15H,4-10H2,1-3H3,(H,16,17). The first-order valence-electron chi connectivity index (χ1n) is 6.18. The van der Waals surface area contributed by atoms with Crippen molar-refractivity contribution in [1.29, 1.82) is 0 Å². The summed E-state index contributed by atoms with van der Waals surface area (Å²) in [6.45, 7) is 5.09. The van der Waals surface area contributed by atoms with Gasteiger partial charge in [0.25, 0.3) is 0 Å². The van der Waals surface area contributed by atoms with Crippen LogP contribution in [0.4, 0.5) is 0 Å². The van der Waals surface area contributed by atoms with Crippen molar-refractivity contribution in [1.82, 2.24) is 9.80 Å². The number of nitrogens with zero attached hydrogens (tertiary/aromatic N) is 2. The van der Waals surface area contributed by atoms with Crippen molar-refractivity contribution < 1.29 is 15.0 Å². The van der Waals surface area contributed by atoms with Gasteiger partial charge in [-0.25, -0.2) is 0 Å². The summed E-state index contributed by atoms with van der Waals surface area (Å²) in [6.07, 6.45) is 1.72. The minimum Gasteiger partial charge on any atom is -0.481 e. The second-order valence-electron chi connectivity index (χ2n) is 4.77. The van der Waals surface area contributed by atoms with Gasteiger partial charge in [0.2, 0.25) is 0 Å². The van der Waals surface area contributed by atoms with E-state index in [0.717, 1.165) is 26.1 Å². The number of carbonyl (C=O) groups is 1. The maximum absolute atomic E-state index is 10.8. The summed E-state index contributed by atoms with van der Waals surface area (Å²) >= 11 is 0. The SMILES string of the molecule is CC(CN(CCCO)CCCN(C)C)C(=O)O. The van der Waals surface area contributed by atoms with Crippen molar-refractivity contribution in [2.75, 3.05) is 46.9 Å². The number of hydrogen-bond acceptors (Lipinski definition) is 4. The van der Waals surface area contributed by atoms with Gasteiger partial charge < -0.3 is 20.0 Å². The summed E-state index contributed by atoms with van der Waals surface area (Å²) in [5.74, 6) is -1.11. The van der Waals surface area contributed by atoms with E-state index in [9.17, 15) is 4.79 Å². The number of aliphatic hydroxyl groups excluding tert-OH is 1. The average molecular weight is 246 g/mol. The Morgan fingerprint density at radius 1 is 1.18 bits per heavy atom. The van der Waals surface area contributed by atoms with E-state index >= 15 is 0 Å². The van der Waals surface area contributed by atoms with Crippen LogP contribution in [0.5, 0.6) is 0 Å². The van der Waals surface area contributed by atoms with Crippen LogP contribution in [0, 0.1) is 5.92 Å². The summed E-state index contributed by atoms with van der Waals surface area (Å²) < 4.78 is 0. The number of rotatable bonds is 10. The molecule has 0 heterocycles. The topological polar surface area (TPSA) is 64.0 Å². The third-order valence-corrected chi connectivity index (χ3v) is 2.67. The summed E-state index contributed by atoms with van der Waals surface area (Å²) in [4.78, 5) is 15.0. The second kappa shape index (κ2) is 9.39. The molecule has 5 heteroatoms. The summed E-state index contributed by atoms with van der Waals surface area (Å²) in [5.41, 5.74) is 0. The van der Waals surface area contributed by atoms with E-state index in [1.54, 1.807) is 6.92 Å². The molecule has 1 atom stereocenters. The van der Waals surface area contributed by atoms with Crippen LogP contribution >= 0.6 is 0 Å². The Bertz CT molecular complexity index is 210. The van der Waals surface area contributed by atoms with Crippen LogP contribution in [0.3, 0.4) is 0 Å². The van der Waals surface area contributed by atoms with Gasteiger partial charge in [0, 0.05) is 19.7 Å². The number of aliphatic hydroxyl groups is 1. The highest BCUT2D eigenvalue weighted by Gasteiger charge is 2.15. The Labute approximate surface area is 104 Å². The molecule has 5 nitrogen and oxygen atoms in total. The van der Waals surface area contributed by atoms with E-state index < -0.39 is 5.97 Å². The third kappa shape index (κ3) is 9.09. The molecular weight excluding hydrogens is 220 g/mol. The Morgan fingerprint density at radius 2 is 1.76 bits per heavy atom.